The van der Waals surface area contributed by atoms with Crippen LogP contribution in [-0.2, 0) is 6.61 Å². The van der Waals surface area contributed by atoms with Crippen molar-refractivity contribution < 1.29 is 14.6 Å². The van der Waals surface area contributed by atoms with Gasteiger partial charge in [-0.3, -0.25) is 0 Å². The monoisotopic (exact) mass is 235 g/mol. The predicted octanol–water partition coefficient (Wildman–Crippen LogP) is 2.26. The molecule has 92 valence electrons. The maximum Gasteiger partial charge on any atom is 0.128 e. The minimum absolute atomic E-state index is 0.0580. The SMILES string of the molecule is COc1ccc(CO)c(OCCCCC#N)c1. The fraction of sp³-hybridized carbons (Fsp3) is 0.462. The first-order valence-electron chi connectivity index (χ1n) is 5.59. The zero-order valence-electron chi connectivity index (χ0n) is 9.98. The van der Waals surface area contributed by atoms with Crippen LogP contribution in [0.4, 0.5) is 0 Å². The highest BCUT2D eigenvalue weighted by Gasteiger charge is 2.04. The second-order valence-corrected chi connectivity index (χ2v) is 3.60. The van der Waals surface area contributed by atoms with Crippen LogP contribution in [0.2, 0.25) is 0 Å². The number of hydrogen-bond donors (Lipinski definition) is 1. The highest BCUT2D eigenvalue weighted by Crippen LogP contribution is 2.25. The molecule has 0 heterocycles. The Morgan fingerprint density at radius 1 is 1.35 bits per heavy atom. The molecule has 1 N–H and O–H groups in total. The number of methoxy groups -OCH3 is 1. The van der Waals surface area contributed by atoms with Crippen LogP contribution in [0.5, 0.6) is 11.5 Å². The lowest BCUT2D eigenvalue weighted by Gasteiger charge is -2.11. The largest absolute Gasteiger partial charge is 0.497 e. The Kier molecular flexibility index (Phi) is 5.91. The van der Waals surface area contributed by atoms with E-state index in [9.17, 15) is 0 Å². The molecular weight excluding hydrogens is 218 g/mol. The first-order chi connectivity index (χ1) is 8.31. The van der Waals surface area contributed by atoms with Crippen molar-refractivity contribution in [1.29, 1.82) is 5.26 Å². The molecule has 1 aromatic rings. The van der Waals surface area contributed by atoms with Gasteiger partial charge in [0.25, 0.3) is 0 Å². The maximum atomic E-state index is 9.16. The van der Waals surface area contributed by atoms with Crippen molar-refractivity contribution in [3.05, 3.63) is 23.8 Å². The molecule has 0 aliphatic carbocycles. The summed E-state index contributed by atoms with van der Waals surface area (Å²) in [4.78, 5) is 0. The molecule has 0 bridgehead atoms. The van der Waals surface area contributed by atoms with E-state index in [0.717, 1.165) is 18.4 Å². The van der Waals surface area contributed by atoms with E-state index in [2.05, 4.69) is 6.07 Å². The number of benzene rings is 1. The number of rotatable bonds is 7. The molecule has 0 saturated carbocycles. The number of unbranched alkanes of at least 4 members (excludes halogenated alkanes) is 2. The summed E-state index contributed by atoms with van der Waals surface area (Å²) < 4.78 is 10.7. The van der Waals surface area contributed by atoms with Gasteiger partial charge in [0.1, 0.15) is 11.5 Å². The number of nitriles is 1. The summed E-state index contributed by atoms with van der Waals surface area (Å²) in [5.74, 6) is 1.35. The molecule has 4 nitrogen and oxygen atoms in total. The summed E-state index contributed by atoms with van der Waals surface area (Å²) in [6.07, 6.45) is 2.21. The molecule has 17 heavy (non-hydrogen) atoms. The topological polar surface area (TPSA) is 62.5 Å². The molecular formula is C13H17NO3. The van der Waals surface area contributed by atoms with Crippen LogP contribution < -0.4 is 9.47 Å². The third kappa shape index (κ3) is 4.33. The van der Waals surface area contributed by atoms with Gasteiger partial charge in [-0.1, -0.05) is 0 Å². The first kappa shape index (κ1) is 13.3. The molecule has 1 rings (SSSR count). The van der Waals surface area contributed by atoms with Crippen molar-refractivity contribution in [2.45, 2.75) is 25.9 Å². The summed E-state index contributed by atoms with van der Waals surface area (Å²) in [7, 11) is 1.59. The van der Waals surface area contributed by atoms with Crippen molar-refractivity contribution in [1.82, 2.24) is 0 Å². The van der Waals surface area contributed by atoms with Crippen LogP contribution in [0, 0.1) is 11.3 Å². The average Bonchev–Trinajstić information content (AvgIpc) is 2.38. The van der Waals surface area contributed by atoms with Gasteiger partial charge in [-0.25, -0.2) is 0 Å². The fourth-order valence-electron chi connectivity index (χ4n) is 1.42. The number of nitrogens with zero attached hydrogens (tertiary/aromatic N) is 1. The van der Waals surface area contributed by atoms with E-state index >= 15 is 0 Å². The summed E-state index contributed by atoms with van der Waals surface area (Å²) in [6.45, 7) is 0.485. The van der Waals surface area contributed by atoms with E-state index in [1.54, 1.807) is 25.3 Å². The van der Waals surface area contributed by atoms with Gasteiger partial charge >= 0.3 is 0 Å². The Bertz CT molecular complexity index is 385. The Labute approximate surface area is 101 Å². The quantitative estimate of drug-likeness (QED) is 0.736. The van der Waals surface area contributed by atoms with Gasteiger partial charge in [0, 0.05) is 18.1 Å². The normalized spacial score (nSPS) is 9.71. The van der Waals surface area contributed by atoms with Gasteiger partial charge in [0.15, 0.2) is 0 Å². The number of aliphatic hydroxyl groups excluding tert-OH is 1. The van der Waals surface area contributed by atoms with Crippen molar-refractivity contribution in [2.24, 2.45) is 0 Å². The van der Waals surface area contributed by atoms with Crippen LogP contribution in [0.1, 0.15) is 24.8 Å². The Balaban J connectivity index is 2.53. The van der Waals surface area contributed by atoms with Crippen molar-refractivity contribution in [3.63, 3.8) is 0 Å². The van der Waals surface area contributed by atoms with Crippen LogP contribution >= 0.6 is 0 Å². The minimum Gasteiger partial charge on any atom is -0.497 e. The highest BCUT2D eigenvalue weighted by molar-refractivity contribution is 5.40. The summed E-state index contributed by atoms with van der Waals surface area (Å²) in [6, 6.07) is 7.42. The van der Waals surface area contributed by atoms with Crippen LogP contribution in [-0.4, -0.2) is 18.8 Å². The molecule has 0 radical (unpaired) electrons. The van der Waals surface area contributed by atoms with Gasteiger partial charge < -0.3 is 14.6 Å². The highest BCUT2D eigenvalue weighted by atomic mass is 16.5. The number of hydrogen-bond acceptors (Lipinski definition) is 4. The van der Waals surface area contributed by atoms with Crippen LogP contribution in [0.3, 0.4) is 0 Å². The standard InChI is InChI=1S/C13H17NO3/c1-16-12-6-5-11(10-15)13(9-12)17-8-4-2-3-7-14/h5-6,9,15H,2-4,8,10H2,1H3. The Hall–Kier alpha value is -1.73. The second-order valence-electron chi connectivity index (χ2n) is 3.60. The molecule has 4 heteroatoms. The molecule has 0 amide bonds. The molecule has 0 unspecified atom stereocenters. The van der Waals surface area contributed by atoms with Crippen molar-refractivity contribution in [2.75, 3.05) is 13.7 Å². The lowest BCUT2D eigenvalue weighted by molar-refractivity contribution is 0.259. The van der Waals surface area contributed by atoms with Crippen molar-refractivity contribution >= 4 is 0 Å². The summed E-state index contributed by atoms with van der Waals surface area (Å²) in [5, 5.41) is 17.6. The van der Waals surface area contributed by atoms with E-state index in [4.69, 9.17) is 19.8 Å². The van der Waals surface area contributed by atoms with Gasteiger partial charge in [-0.2, -0.15) is 5.26 Å². The van der Waals surface area contributed by atoms with E-state index < -0.39 is 0 Å². The lowest BCUT2D eigenvalue weighted by atomic mass is 10.2. The third-order valence-corrected chi connectivity index (χ3v) is 2.39. The van der Waals surface area contributed by atoms with Crippen LogP contribution in [0.25, 0.3) is 0 Å². The van der Waals surface area contributed by atoms with E-state index in [1.165, 1.54) is 0 Å². The van der Waals surface area contributed by atoms with Gasteiger partial charge in [0.05, 0.1) is 26.4 Å². The number of ether oxygens (including phenoxy) is 2. The zero-order valence-corrected chi connectivity index (χ0v) is 9.98. The summed E-state index contributed by atoms with van der Waals surface area (Å²) >= 11 is 0. The molecule has 0 spiro atoms. The van der Waals surface area contributed by atoms with Gasteiger partial charge in [-0.05, 0) is 25.0 Å². The van der Waals surface area contributed by atoms with Gasteiger partial charge in [0.2, 0.25) is 0 Å². The first-order valence-corrected chi connectivity index (χ1v) is 5.59. The summed E-state index contributed by atoms with van der Waals surface area (Å²) in [5.41, 5.74) is 0.742. The molecule has 0 saturated heterocycles. The maximum absolute atomic E-state index is 9.16. The van der Waals surface area contributed by atoms with E-state index in [1.807, 2.05) is 0 Å². The predicted molar refractivity (Wildman–Crippen MR) is 63.9 cm³/mol. The third-order valence-electron chi connectivity index (χ3n) is 2.39. The molecule has 0 aromatic heterocycles. The van der Waals surface area contributed by atoms with E-state index in [-0.39, 0.29) is 6.61 Å². The number of aliphatic hydroxyl groups is 1. The Morgan fingerprint density at radius 2 is 2.18 bits per heavy atom. The van der Waals surface area contributed by atoms with E-state index in [0.29, 0.717) is 24.5 Å². The average molecular weight is 235 g/mol. The Morgan fingerprint density at radius 3 is 2.82 bits per heavy atom. The smallest absolute Gasteiger partial charge is 0.128 e. The molecule has 0 aliphatic heterocycles. The minimum atomic E-state index is -0.0580. The fourth-order valence-corrected chi connectivity index (χ4v) is 1.42. The molecule has 1 aromatic carbocycles. The van der Waals surface area contributed by atoms with Gasteiger partial charge in [-0.15, -0.1) is 0 Å². The molecule has 0 atom stereocenters. The second kappa shape index (κ2) is 7.53. The molecule has 0 aliphatic rings. The van der Waals surface area contributed by atoms with Crippen LogP contribution in [0.15, 0.2) is 18.2 Å². The van der Waals surface area contributed by atoms with Crippen molar-refractivity contribution in [3.8, 4) is 17.6 Å². The zero-order chi connectivity index (χ0) is 12.5. The lowest BCUT2D eigenvalue weighted by Crippen LogP contribution is -2.00. The molecule has 0 fully saturated rings.